The number of hydrogen-bond acceptors (Lipinski definition) is 5. The van der Waals surface area contributed by atoms with E-state index in [9.17, 15) is 4.79 Å². The molecular weight excluding hydrogens is 328 g/mol. The van der Waals surface area contributed by atoms with Gasteiger partial charge < -0.3 is 10.6 Å². The summed E-state index contributed by atoms with van der Waals surface area (Å²) in [6.07, 6.45) is 11.4. The molecule has 7 nitrogen and oxygen atoms in total. The summed E-state index contributed by atoms with van der Waals surface area (Å²) in [5.74, 6) is 1.31. The Morgan fingerprint density at radius 3 is 2.88 bits per heavy atom. The highest BCUT2D eigenvalue weighted by atomic mass is 16.1. The molecule has 140 valence electrons. The van der Waals surface area contributed by atoms with Crippen molar-refractivity contribution in [3.05, 3.63) is 18.1 Å². The number of fused-ring (bicyclic) bond motifs is 1. The number of nitrogens with one attached hydrogen (secondary N) is 2. The van der Waals surface area contributed by atoms with Gasteiger partial charge in [-0.05, 0) is 25.3 Å². The van der Waals surface area contributed by atoms with Crippen molar-refractivity contribution < 1.29 is 4.79 Å². The molecule has 1 atom stereocenters. The maximum Gasteiger partial charge on any atom is 0.220 e. The third kappa shape index (κ3) is 3.87. The van der Waals surface area contributed by atoms with Crippen molar-refractivity contribution in [1.82, 2.24) is 30.4 Å². The number of hydrogen-bond donors (Lipinski definition) is 2. The lowest BCUT2D eigenvalue weighted by Gasteiger charge is -2.09. The lowest BCUT2D eigenvalue weighted by Crippen LogP contribution is -2.27. The summed E-state index contributed by atoms with van der Waals surface area (Å²) < 4.78 is 1.90. The lowest BCUT2D eigenvalue weighted by molar-refractivity contribution is -0.121. The first kappa shape index (κ1) is 17.4. The maximum absolute atomic E-state index is 12.1. The Morgan fingerprint density at radius 1 is 1.23 bits per heavy atom. The molecule has 0 bridgehead atoms. The molecule has 0 radical (unpaired) electrons. The van der Waals surface area contributed by atoms with E-state index in [1.807, 2.05) is 4.68 Å². The van der Waals surface area contributed by atoms with E-state index in [1.165, 1.54) is 25.7 Å². The van der Waals surface area contributed by atoms with E-state index in [0.29, 0.717) is 25.4 Å². The first-order valence-electron chi connectivity index (χ1n) is 9.96. The minimum Gasteiger partial charge on any atom is -0.354 e. The van der Waals surface area contributed by atoms with Crippen LogP contribution in [0.3, 0.4) is 0 Å². The fourth-order valence-electron chi connectivity index (χ4n) is 4.27. The fraction of sp³-hybridized carbons (Fsp3) is 0.684. The SMILES string of the molecule is O=C(CCC1CCCC1)NCCn1nc([C@@H]2CCNC2)c2nccnc21. The van der Waals surface area contributed by atoms with Crippen molar-refractivity contribution in [2.75, 3.05) is 19.6 Å². The zero-order valence-corrected chi connectivity index (χ0v) is 15.3. The highest BCUT2D eigenvalue weighted by Crippen LogP contribution is 2.28. The van der Waals surface area contributed by atoms with E-state index < -0.39 is 0 Å². The molecule has 2 aromatic rings. The van der Waals surface area contributed by atoms with E-state index >= 15 is 0 Å². The van der Waals surface area contributed by atoms with Gasteiger partial charge in [-0.1, -0.05) is 25.7 Å². The number of nitrogens with zero attached hydrogens (tertiary/aromatic N) is 4. The molecule has 1 saturated carbocycles. The topological polar surface area (TPSA) is 84.7 Å². The number of carbonyl (C=O) groups is 1. The zero-order chi connectivity index (χ0) is 17.8. The molecule has 26 heavy (non-hydrogen) atoms. The molecule has 1 saturated heterocycles. The second-order valence-electron chi connectivity index (χ2n) is 7.57. The van der Waals surface area contributed by atoms with Crippen molar-refractivity contribution in [2.24, 2.45) is 5.92 Å². The van der Waals surface area contributed by atoms with Crippen LogP contribution in [0.15, 0.2) is 12.4 Å². The van der Waals surface area contributed by atoms with E-state index in [1.54, 1.807) is 12.4 Å². The van der Waals surface area contributed by atoms with Crippen LogP contribution in [-0.4, -0.2) is 45.3 Å². The molecule has 1 aliphatic heterocycles. The van der Waals surface area contributed by atoms with Crippen LogP contribution < -0.4 is 10.6 Å². The molecule has 1 aliphatic carbocycles. The minimum absolute atomic E-state index is 0.152. The van der Waals surface area contributed by atoms with Crippen molar-refractivity contribution in [3.63, 3.8) is 0 Å². The second-order valence-corrected chi connectivity index (χ2v) is 7.57. The Kier molecular flexibility index (Phi) is 5.43. The average molecular weight is 356 g/mol. The number of aromatic nitrogens is 4. The molecule has 2 aromatic heterocycles. The van der Waals surface area contributed by atoms with Gasteiger partial charge >= 0.3 is 0 Å². The average Bonchev–Trinajstić information content (AvgIpc) is 3.41. The van der Waals surface area contributed by atoms with Crippen LogP contribution >= 0.6 is 0 Å². The molecule has 0 unspecified atom stereocenters. The van der Waals surface area contributed by atoms with Gasteiger partial charge in [-0.2, -0.15) is 5.10 Å². The largest absolute Gasteiger partial charge is 0.354 e. The Balaban J connectivity index is 1.34. The van der Waals surface area contributed by atoms with Gasteiger partial charge in [0.2, 0.25) is 5.91 Å². The van der Waals surface area contributed by atoms with Gasteiger partial charge in [0.25, 0.3) is 0 Å². The summed E-state index contributed by atoms with van der Waals surface area (Å²) >= 11 is 0. The Morgan fingerprint density at radius 2 is 2.08 bits per heavy atom. The number of carbonyl (C=O) groups excluding carboxylic acids is 1. The molecule has 3 heterocycles. The molecule has 2 N–H and O–H groups in total. The van der Waals surface area contributed by atoms with Crippen molar-refractivity contribution in [3.8, 4) is 0 Å². The smallest absolute Gasteiger partial charge is 0.220 e. The third-order valence-electron chi connectivity index (χ3n) is 5.74. The monoisotopic (exact) mass is 356 g/mol. The van der Waals surface area contributed by atoms with Gasteiger partial charge in [-0.3, -0.25) is 4.79 Å². The number of amides is 1. The minimum atomic E-state index is 0.152. The van der Waals surface area contributed by atoms with Crippen LogP contribution in [0.1, 0.15) is 56.6 Å². The molecule has 2 fully saturated rings. The van der Waals surface area contributed by atoms with Gasteiger partial charge in [0.05, 0.1) is 12.2 Å². The predicted molar refractivity (Wildman–Crippen MR) is 99.8 cm³/mol. The maximum atomic E-state index is 12.1. The molecule has 0 aromatic carbocycles. The normalized spacial score (nSPS) is 20.8. The van der Waals surface area contributed by atoms with Crippen LogP contribution in [0.2, 0.25) is 0 Å². The summed E-state index contributed by atoms with van der Waals surface area (Å²) in [4.78, 5) is 21.1. The zero-order valence-electron chi connectivity index (χ0n) is 15.3. The predicted octanol–water partition coefficient (Wildman–Crippen LogP) is 1.99. The van der Waals surface area contributed by atoms with Crippen LogP contribution in [-0.2, 0) is 11.3 Å². The van der Waals surface area contributed by atoms with E-state index in [4.69, 9.17) is 5.10 Å². The molecule has 4 rings (SSSR count). The first-order chi connectivity index (χ1) is 12.8. The summed E-state index contributed by atoms with van der Waals surface area (Å²) in [7, 11) is 0. The molecular formula is C19H28N6O. The molecule has 7 heteroatoms. The third-order valence-corrected chi connectivity index (χ3v) is 5.74. The molecule has 2 aliphatic rings. The highest BCUT2D eigenvalue weighted by Gasteiger charge is 2.24. The Labute approximate surface area is 154 Å². The molecule has 1 amide bonds. The van der Waals surface area contributed by atoms with Crippen LogP contribution in [0, 0.1) is 5.92 Å². The van der Waals surface area contributed by atoms with Crippen LogP contribution in [0.25, 0.3) is 11.2 Å². The summed E-state index contributed by atoms with van der Waals surface area (Å²) in [6.45, 7) is 3.18. The Hall–Kier alpha value is -2.02. The summed E-state index contributed by atoms with van der Waals surface area (Å²) in [5, 5.41) is 11.2. The van der Waals surface area contributed by atoms with E-state index in [2.05, 4.69) is 20.6 Å². The standard InChI is InChI=1S/C19H28N6O/c26-16(6-5-14-3-1-2-4-14)21-11-12-25-19-18(22-9-10-23-19)17(24-25)15-7-8-20-13-15/h9-10,14-15,20H,1-8,11-13H2,(H,21,26)/t15-/m1/s1. The van der Waals surface area contributed by atoms with Crippen LogP contribution in [0.4, 0.5) is 0 Å². The fourth-order valence-corrected chi connectivity index (χ4v) is 4.27. The molecule has 0 spiro atoms. The van der Waals surface area contributed by atoms with Crippen molar-refractivity contribution >= 4 is 17.1 Å². The number of rotatable bonds is 7. The van der Waals surface area contributed by atoms with E-state index in [0.717, 1.165) is 48.7 Å². The van der Waals surface area contributed by atoms with Gasteiger partial charge in [-0.15, -0.1) is 0 Å². The lowest BCUT2D eigenvalue weighted by atomic mass is 10.0. The van der Waals surface area contributed by atoms with Crippen LogP contribution in [0.5, 0.6) is 0 Å². The Bertz CT molecular complexity index is 746. The van der Waals surface area contributed by atoms with Gasteiger partial charge in [0.1, 0.15) is 5.52 Å². The van der Waals surface area contributed by atoms with Crippen molar-refractivity contribution in [1.29, 1.82) is 0 Å². The highest BCUT2D eigenvalue weighted by molar-refractivity contribution is 5.76. The van der Waals surface area contributed by atoms with E-state index in [-0.39, 0.29) is 5.91 Å². The summed E-state index contributed by atoms with van der Waals surface area (Å²) in [5.41, 5.74) is 2.74. The van der Waals surface area contributed by atoms with Gasteiger partial charge in [0.15, 0.2) is 5.65 Å². The van der Waals surface area contributed by atoms with Crippen molar-refractivity contribution in [2.45, 2.75) is 57.4 Å². The van der Waals surface area contributed by atoms with Gasteiger partial charge in [-0.25, -0.2) is 14.6 Å². The van der Waals surface area contributed by atoms with Gasteiger partial charge in [0, 0.05) is 37.8 Å². The quantitative estimate of drug-likeness (QED) is 0.792. The summed E-state index contributed by atoms with van der Waals surface area (Å²) in [6, 6.07) is 0. The second kappa shape index (κ2) is 8.12. The first-order valence-corrected chi connectivity index (χ1v) is 9.96.